The highest BCUT2D eigenvalue weighted by atomic mass is 19.4. The summed E-state index contributed by atoms with van der Waals surface area (Å²) in [6.45, 7) is 3.40. The number of alkyl halides is 3. The average Bonchev–Trinajstić information content (AvgIpc) is 3.15. The zero-order chi connectivity index (χ0) is 22.3. The topological polar surface area (TPSA) is 101 Å². The summed E-state index contributed by atoms with van der Waals surface area (Å²) in [5.41, 5.74) is 5.53. The second-order valence-electron chi connectivity index (χ2n) is 7.96. The van der Waals surface area contributed by atoms with Crippen LogP contribution in [0.3, 0.4) is 0 Å². The van der Waals surface area contributed by atoms with E-state index in [1.807, 2.05) is 21.0 Å². The zero-order valence-corrected chi connectivity index (χ0v) is 17.5. The number of nitrogens with zero attached hydrogens (tertiary/aromatic N) is 8. The Morgan fingerprint density at radius 2 is 1.94 bits per heavy atom. The number of pyridine rings is 1. The summed E-state index contributed by atoms with van der Waals surface area (Å²) in [5.74, 6) is 1.65. The number of hydrogen-bond acceptors (Lipinski definition) is 8. The molecule has 0 amide bonds. The summed E-state index contributed by atoms with van der Waals surface area (Å²) >= 11 is 0. The molecule has 0 saturated carbocycles. The highest BCUT2D eigenvalue weighted by Gasteiger charge is 2.33. The molecule has 1 aliphatic rings. The number of hydrogen-bond donors (Lipinski definition) is 1. The highest BCUT2D eigenvalue weighted by molar-refractivity contribution is 5.41. The first-order valence-corrected chi connectivity index (χ1v) is 9.98. The van der Waals surface area contributed by atoms with E-state index in [0.29, 0.717) is 29.8 Å². The van der Waals surface area contributed by atoms with Gasteiger partial charge in [0.15, 0.2) is 11.5 Å². The Kier molecular flexibility index (Phi) is 5.42. The van der Waals surface area contributed by atoms with Crippen LogP contribution in [0.1, 0.15) is 48.9 Å². The van der Waals surface area contributed by atoms with Gasteiger partial charge in [-0.3, -0.25) is 9.30 Å². The minimum absolute atomic E-state index is 0.0674. The van der Waals surface area contributed by atoms with Gasteiger partial charge in [-0.15, -0.1) is 10.2 Å². The first kappa shape index (κ1) is 21.2. The maximum Gasteiger partial charge on any atom is 0.417 e. The largest absolute Gasteiger partial charge is 0.417 e. The van der Waals surface area contributed by atoms with Gasteiger partial charge in [-0.1, -0.05) is 0 Å². The molecule has 9 nitrogen and oxygen atoms in total. The van der Waals surface area contributed by atoms with Crippen LogP contribution in [-0.2, 0) is 6.18 Å². The minimum Gasteiger partial charge on any atom is -0.368 e. The summed E-state index contributed by atoms with van der Waals surface area (Å²) in [4.78, 5) is 16.9. The van der Waals surface area contributed by atoms with Crippen molar-refractivity contribution < 1.29 is 13.2 Å². The van der Waals surface area contributed by atoms with E-state index in [-0.39, 0.29) is 17.9 Å². The van der Waals surface area contributed by atoms with Crippen LogP contribution in [-0.4, -0.2) is 61.6 Å². The third kappa shape index (κ3) is 4.24. The molecule has 1 saturated heterocycles. The molecule has 2 atom stereocenters. The second-order valence-corrected chi connectivity index (χ2v) is 7.96. The maximum absolute atomic E-state index is 13.2. The van der Waals surface area contributed by atoms with Crippen molar-refractivity contribution in [2.45, 2.75) is 37.9 Å². The molecule has 4 heterocycles. The van der Waals surface area contributed by atoms with Crippen LogP contribution in [0.2, 0.25) is 0 Å². The smallest absolute Gasteiger partial charge is 0.368 e. The fourth-order valence-corrected chi connectivity index (χ4v) is 3.87. The SMILES string of the molecule is CC(c1nc(N)nc(N(C)C)n1)N1CCCC(c2nnc3ccc(C(F)(F)F)cn23)C1. The molecule has 2 N–H and O–H groups in total. The normalized spacial score (nSPS) is 19.0. The monoisotopic (exact) mass is 435 g/mol. The molecule has 4 rings (SSSR count). The van der Waals surface area contributed by atoms with Crippen molar-refractivity contribution in [1.29, 1.82) is 0 Å². The van der Waals surface area contributed by atoms with Crippen molar-refractivity contribution in [3.8, 4) is 0 Å². The van der Waals surface area contributed by atoms with Crippen LogP contribution in [0.15, 0.2) is 18.3 Å². The number of halogens is 3. The van der Waals surface area contributed by atoms with E-state index < -0.39 is 11.7 Å². The second kappa shape index (κ2) is 7.91. The summed E-state index contributed by atoms with van der Waals surface area (Å²) in [6.07, 6.45) is -1.68. The van der Waals surface area contributed by atoms with Gasteiger partial charge < -0.3 is 10.6 Å². The number of nitrogens with two attached hydrogens (primary N) is 1. The Morgan fingerprint density at radius 1 is 1.16 bits per heavy atom. The van der Waals surface area contributed by atoms with Crippen LogP contribution >= 0.6 is 0 Å². The molecule has 1 aliphatic heterocycles. The van der Waals surface area contributed by atoms with Gasteiger partial charge in [0.2, 0.25) is 11.9 Å². The Hall–Kier alpha value is -3.02. The van der Waals surface area contributed by atoms with E-state index in [9.17, 15) is 13.2 Å². The molecule has 3 aromatic heterocycles. The fourth-order valence-electron chi connectivity index (χ4n) is 3.87. The maximum atomic E-state index is 13.2. The summed E-state index contributed by atoms with van der Waals surface area (Å²) in [7, 11) is 3.65. The third-order valence-corrected chi connectivity index (χ3v) is 5.55. The quantitative estimate of drug-likeness (QED) is 0.667. The van der Waals surface area contributed by atoms with Gasteiger partial charge in [0, 0.05) is 32.8 Å². The van der Waals surface area contributed by atoms with Gasteiger partial charge >= 0.3 is 6.18 Å². The molecule has 12 heteroatoms. The van der Waals surface area contributed by atoms with E-state index in [4.69, 9.17) is 5.73 Å². The van der Waals surface area contributed by atoms with E-state index >= 15 is 0 Å². The van der Waals surface area contributed by atoms with Crippen molar-refractivity contribution >= 4 is 17.5 Å². The highest BCUT2D eigenvalue weighted by Crippen LogP contribution is 2.33. The Balaban J connectivity index is 1.61. The van der Waals surface area contributed by atoms with E-state index in [0.717, 1.165) is 31.6 Å². The molecule has 3 aromatic rings. The summed E-state index contributed by atoms with van der Waals surface area (Å²) in [6, 6.07) is 2.23. The van der Waals surface area contributed by atoms with E-state index in [2.05, 4.69) is 30.0 Å². The van der Waals surface area contributed by atoms with Crippen molar-refractivity contribution in [1.82, 2.24) is 34.4 Å². The van der Waals surface area contributed by atoms with Crippen molar-refractivity contribution in [2.24, 2.45) is 0 Å². The Bertz CT molecular complexity index is 1080. The van der Waals surface area contributed by atoms with Crippen molar-refractivity contribution in [3.63, 3.8) is 0 Å². The number of fused-ring (bicyclic) bond motifs is 1. The minimum atomic E-state index is -4.42. The van der Waals surface area contributed by atoms with Crippen LogP contribution in [0.4, 0.5) is 25.1 Å². The summed E-state index contributed by atoms with van der Waals surface area (Å²) < 4.78 is 41.0. The molecule has 0 aromatic carbocycles. The molecule has 0 radical (unpaired) electrons. The fraction of sp³-hybridized carbons (Fsp3) is 0.526. The van der Waals surface area contributed by atoms with Crippen LogP contribution < -0.4 is 10.6 Å². The number of aromatic nitrogens is 6. The number of nitrogen functional groups attached to an aromatic ring is 1. The first-order valence-electron chi connectivity index (χ1n) is 9.98. The first-order chi connectivity index (χ1) is 14.6. The van der Waals surface area contributed by atoms with Gasteiger partial charge in [-0.25, -0.2) is 0 Å². The molecule has 166 valence electrons. The predicted molar refractivity (Wildman–Crippen MR) is 109 cm³/mol. The lowest BCUT2D eigenvalue weighted by molar-refractivity contribution is -0.137. The Morgan fingerprint density at radius 3 is 2.65 bits per heavy atom. The van der Waals surface area contributed by atoms with Gasteiger partial charge in [0.25, 0.3) is 0 Å². The van der Waals surface area contributed by atoms with Crippen LogP contribution in [0.5, 0.6) is 0 Å². The lowest BCUT2D eigenvalue weighted by Crippen LogP contribution is -2.37. The van der Waals surface area contributed by atoms with Crippen molar-refractivity contribution in [3.05, 3.63) is 35.5 Å². The van der Waals surface area contributed by atoms with Gasteiger partial charge in [-0.2, -0.15) is 28.1 Å². The van der Waals surface area contributed by atoms with E-state index in [1.165, 1.54) is 10.5 Å². The number of piperidine rings is 1. The molecule has 0 aliphatic carbocycles. The molecule has 31 heavy (non-hydrogen) atoms. The molecule has 0 spiro atoms. The summed E-state index contributed by atoms with van der Waals surface area (Å²) in [5, 5.41) is 8.27. The number of anilines is 2. The molecule has 0 bridgehead atoms. The van der Waals surface area contributed by atoms with Crippen LogP contribution in [0.25, 0.3) is 5.65 Å². The number of rotatable bonds is 4. The van der Waals surface area contributed by atoms with Gasteiger partial charge in [0.1, 0.15) is 5.82 Å². The number of likely N-dealkylation sites (tertiary alicyclic amines) is 1. The van der Waals surface area contributed by atoms with Crippen molar-refractivity contribution in [2.75, 3.05) is 37.8 Å². The van der Waals surface area contributed by atoms with Gasteiger partial charge in [0.05, 0.1) is 11.6 Å². The predicted octanol–water partition coefficient (Wildman–Crippen LogP) is 2.52. The lowest BCUT2D eigenvalue weighted by Gasteiger charge is -2.35. The van der Waals surface area contributed by atoms with Crippen LogP contribution in [0, 0.1) is 0 Å². The Labute approximate surface area is 177 Å². The molecule has 2 unspecified atom stereocenters. The standard InChI is InChI=1S/C19H24F3N9/c1-11(15-24-17(23)26-18(25-15)29(2)3)30-8-4-5-12(9-30)16-28-27-14-7-6-13(10-31(14)16)19(20,21)22/h6-7,10-12H,4-5,8-9H2,1-3H3,(H2,23,24,25,26). The zero-order valence-electron chi connectivity index (χ0n) is 17.5. The molecular formula is C19H24F3N9. The average molecular weight is 435 g/mol. The van der Waals surface area contributed by atoms with Gasteiger partial charge in [-0.05, 0) is 38.4 Å². The molecular weight excluding hydrogens is 411 g/mol. The third-order valence-electron chi connectivity index (χ3n) is 5.55. The lowest BCUT2D eigenvalue weighted by atomic mass is 9.96. The van der Waals surface area contributed by atoms with E-state index in [1.54, 1.807) is 4.90 Å². The molecule has 1 fully saturated rings.